The molecule has 1 heterocycles. The van der Waals surface area contributed by atoms with Gasteiger partial charge in [-0.2, -0.15) is 0 Å². The van der Waals surface area contributed by atoms with Crippen LogP contribution in [0.25, 0.3) is 0 Å². The molecule has 1 aliphatic rings. The Balaban J connectivity index is 2.19. The molecule has 0 amide bonds. The molecule has 2 atom stereocenters. The van der Waals surface area contributed by atoms with Gasteiger partial charge in [0.05, 0.1) is 0 Å². The molecule has 0 bridgehead atoms. The van der Waals surface area contributed by atoms with E-state index in [2.05, 4.69) is 70.0 Å². The summed E-state index contributed by atoms with van der Waals surface area (Å²) in [6.07, 6.45) is 1.27. The van der Waals surface area contributed by atoms with Crippen LogP contribution >= 0.6 is 15.9 Å². The highest BCUT2D eigenvalue weighted by Gasteiger charge is 2.28. The van der Waals surface area contributed by atoms with Crippen LogP contribution in [0.2, 0.25) is 0 Å². The van der Waals surface area contributed by atoms with Crippen LogP contribution in [-0.4, -0.2) is 44.2 Å². The van der Waals surface area contributed by atoms with Gasteiger partial charge in [0, 0.05) is 35.3 Å². The van der Waals surface area contributed by atoms with Crippen LogP contribution < -0.4 is 10.2 Å². The highest BCUT2D eigenvalue weighted by molar-refractivity contribution is 9.10. The van der Waals surface area contributed by atoms with Crippen molar-refractivity contribution >= 4 is 21.6 Å². The third kappa shape index (κ3) is 3.79. The maximum atomic E-state index is 3.61. The van der Waals surface area contributed by atoms with Crippen molar-refractivity contribution in [1.82, 2.24) is 10.2 Å². The van der Waals surface area contributed by atoms with Crippen LogP contribution in [0.5, 0.6) is 0 Å². The molecule has 1 N–H and O–H groups in total. The molecule has 1 saturated heterocycles. The van der Waals surface area contributed by atoms with E-state index in [0.29, 0.717) is 12.1 Å². The van der Waals surface area contributed by atoms with Crippen LogP contribution in [0.3, 0.4) is 0 Å². The number of anilines is 1. The summed E-state index contributed by atoms with van der Waals surface area (Å²) >= 11 is 3.61. The van der Waals surface area contributed by atoms with Crippen molar-refractivity contribution in [3.8, 4) is 0 Å². The molecule has 0 aliphatic carbocycles. The molecule has 1 fully saturated rings. The van der Waals surface area contributed by atoms with E-state index < -0.39 is 0 Å². The van der Waals surface area contributed by atoms with Gasteiger partial charge in [0.1, 0.15) is 0 Å². The summed E-state index contributed by atoms with van der Waals surface area (Å²) in [5, 5.41) is 3.37. The number of nitrogens with one attached hydrogen (secondary N) is 1. The van der Waals surface area contributed by atoms with Gasteiger partial charge >= 0.3 is 0 Å². The molecule has 0 aromatic heterocycles. The fourth-order valence-electron chi connectivity index (χ4n) is 3.31. The van der Waals surface area contributed by atoms with Gasteiger partial charge in [-0.1, -0.05) is 29.8 Å². The first-order valence-corrected chi connectivity index (χ1v) is 8.85. The van der Waals surface area contributed by atoms with Crippen molar-refractivity contribution in [3.63, 3.8) is 0 Å². The average Bonchev–Trinajstić information content (AvgIpc) is 2.97. The topological polar surface area (TPSA) is 18.5 Å². The molecule has 3 nitrogen and oxygen atoms in total. The fourth-order valence-corrected chi connectivity index (χ4v) is 3.69. The Bertz CT molecular complexity index is 459. The van der Waals surface area contributed by atoms with E-state index in [1.165, 1.54) is 17.7 Å². The molecule has 1 aromatic carbocycles. The SMILES string of the molecule is CCN(CC)C1CCN(c2ccc(Br)cc2C(C)NC)C1. The number of hydrogen-bond acceptors (Lipinski definition) is 3. The van der Waals surface area contributed by atoms with E-state index in [1.54, 1.807) is 0 Å². The van der Waals surface area contributed by atoms with Crippen molar-refractivity contribution in [2.24, 2.45) is 0 Å². The van der Waals surface area contributed by atoms with Crippen LogP contribution in [0.4, 0.5) is 5.69 Å². The van der Waals surface area contributed by atoms with Crippen LogP contribution in [0.1, 0.15) is 38.8 Å². The van der Waals surface area contributed by atoms with Gasteiger partial charge in [0.25, 0.3) is 0 Å². The second-order valence-electron chi connectivity index (χ2n) is 5.82. The monoisotopic (exact) mass is 353 g/mol. The van der Waals surface area contributed by atoms with E-state index in [1.807, 2.05) is 7.05 Å². The van der Waals surface area contributed by atoms with E-state index in [0.717, 1.165) is 30.7 Å². The zero-order valence-corrected chi connectivity index (χ0v) is 15.3. The zero-order chi connectivity index (χ0) is 15.4. The normalized spacial score (nSPS) is 20.3. The maximum absolute atomic E-state index is 3.61. The summed E-state index contributed by atoms with van der Waals surface area (Å²) in [6, 6.07) is 7.73. The first-order valence-electron chi connectivity index (χ1n) is 8.06. The predicted molar refractivity (Wildman–Crippen MR) is 95.2 cm³/mol. The minimum atomic E-state index is 0.366. The molecule has 1 aromatic rings. The second kappa shape index (κ2) is 7.61. The molecular formula is C17H28BrN3. The molecule has 4 heteroatoms. The molecule has 118 valence electrons. The van der Waals surface area contributed by atoms with Gasteiger partial charge in [-0.3, -0.25) is 4.90 Å². The maximum Gasteiger partial charge on any atom is 0.0415 e. The largest absolute Gasteiger partial charge is 0.370 e. The molecule has 0 spiro atoms. The highest BCUT2D eigenvalue weighted by atomic mass is 79.9. The van der Waals surface area contributed by atoms with E-state index in [4.69, 9.17) is 0 Å². The Labute approximate surface area is 137 Å². The Morgan fingerprint density at radius 1 is 1.38 bits per heavy atom. The molecule has 2 rings (SSSR count). The molecular weight excluding hydrogens is 326 g/mol. The lowest BCUT2D eigenvalue weighted by Gasteiger charge is -2.28. The summed E-state index contributed by atoms with van der Waals surface area (Å²) in [5.41, 5.74) is 2.77. The number of nitrogens with zero attached hydrogens (tertiary/aromatic N) is 2. The van der Waals surface area contributed by atoms with E-state index in [-0.39, 0.29) is 0 Å². The van der Waals surface area contributed by atoms with Gasteiger partial charge < -0.3 is 10.2 Å². The van der Waals surface area contributed by atoms with Crippen LogP contribution in [-0.2, 0) is 0 Å². The molecule has 0 saturated carbocycles. The Kier molecular flexibility index (Phi) is 6.08. The standard InChI is InChI=1S/C17H28BrN3/c1-5-20(6-2)15-9-10-21(12-15)17-8-7-14(18)11-16(17)13(3)19-4/h7-8,11,13,15,19H,5-6,9-10,12H2,1-4H3. The second-order valence-corrected chi connectivity index (χ2v) is 6.74. The summed E-state index contributed by atoms with van der Waals surface area (Å²) < 4.78 is 1.16. The fraction of sp³-hybridized carbons (Fsp3) is 0.647. The summed E-state index contributed by atoms with van der Waals surface area (Å²) in [5.74, 6) is 0. The summed E-state index contributed by atoms with van der Waals surface area (Å²) in [6.45, 7) is 11.4. The summed E-state index contributed by atoms with van der Waals surface area (Å²) in [4.78, 5) is 5.14. The zero-order valence-electron chi connectivity index (χ0n) is 13.7. The predicted octanol–water partition coefficient (Wildman–Crippen LogP) is 3.65. The van der Waals surface area contributed by atoms with Crippen molar-refractivity contribution in [2.45, 2.75) is 39.3 Å². The van der Waals surface area contributed by atoms with Gasteiger partial charge in [-0.15, -0.1) is 0 Å². The number of benzene rings is 1. The van der Waals surface area contributed by atoms with Crippen LogP contribution in [0.15, 0.2) is 22.7 Å². The van der Waals surface area contributed by atoms with Gasteiger partial charge in [-0.05, 0) is 57.2 Å². The number of likely N-dealkylation sites (N-methyl/N-ethyl adjacent to an activating group) is 1. The average molecular weight is 354 g/mol. The minimum absolute atomic E-state index is 0.366. The Hall–Kier alpha value is -0.580. The van der Waals surface area contributed by atoms with Crippen molar-refractivity contribution in [2.75, 3.05) is 38.1 Å². The Morgan fingerprint density at radius 3 is 2.71 bits per heavy atom. The quantitative estimate of drug-likeness (QED) is 0.841. The van der Waals surface area contributed by atoms with Crippen molar-refractivity contribution < 1.29 is 0 Å². The lowest BCUT2D eigenvalue weighted by Crippen LogP contribution is -2.37. The van der Waals surface area contributed by atoms with Crippen molar-refractivity contribution in [1.29, 1.82) is 0 Å². The molecule has 0 radical (unpaired) electrons. The first-order chi connectivity index (χ1) is 10.1. The molecule has 21 heavy (non-hydrogen) atoms. The Morgan fingerprint density at radius 2 is 2.10 bits per heavy atom. The number of halogens is 1. The summed E-state index contributed by atoms with van der Waals surface area (Å²) in [7, 11) is 2.03. The van der Waals surface area contributed by atoms with Gasteiger partial charge in [0.15, 0.2) is 0 Å². The minimum Gasteiger partial charge on any atom is -0.370 e. The third-order valence-electron chi connectivity index (χ3n) is 4.72. The lowest BCUT2D eigenvalue weighted by molar-refractivity contribution is 0.232. The lowest BCUT2D eigenvalue weighted by atomic mass is 10.1. The number of rotatable bonds is 6. The van der Waals surface area contributed by atoms with Crippen LogP contribution in [0, 0.1) is 0 Å². The van der Waals surface area contributed by atoms with Crippen molar-refractivity contribution in [3.05, 3.63) is 28.2 Å². The smallest absolute Gasteiger partial charge is 0.0415 e. The van der Waals surface area contributed by atoms with E-state index in [9.17, 15) is 0 Å². The molecule has 2 unspecified atom stereocenters. The molecule has 1 aliphatic heterocycles. The number of hydrogen-bond donors (Lipinski definition) is 1. The highest BCUT2D eigenvalue weighted by Crippen LogP contribution is 2.32. The third-order valence-corrected chi connectivity index (χ3v) is 5.22. The van der Waals surface area contributed by atoms with Gasteiger partial charge in [0.2, 0.25) is 0 Å². The first kappa shape index (κ1) is 16.8. The van der Waals surface area contributed by atoms with E-state index >= 15 is 0 Å². The van der Waals surface area contributed by atoms with Gasteiger partial charge in [-0.25, -0.2) is 0 Å².